The van der Waals surface area contributed by atoms with E-state index in [0.29, 0.717) is 23.9 Å². The minimum atomic E-state index is -0.348. The Morgan fingerprint density at radius 3 is 2.65 bits per heavy atom. The zero-order chi connectivity index (χ0) is 16.8. The molecular weight excluding hydrogens is 301 g/mol. The van der Waals surface area contributed by atoms with Gasteiger partial charge in [0.05, 0.1) is 19.6 Å². The minimum Gasteiger partial charge on any atom is -0.338 e. The SMILES string of the molecule is CC(C)N(CC(=O)Nc1ccc(F)cc1)Cc1noc(CN)n1. The lowest BCUT2D eigenvalue weighted by atomic mass is 10.3. The highest BCUT2D eigenvalue weighted by molar-refractivity contribution is 5.92. The van der Waals surface area contributed by atoms with Gasteiger partial charge in [-0.2, -0.15) is 4.98 Å². The summed E-state index contributed by atoms with van der Waals surface area (Å²) in [5.41, 5.74) is 5.98. The summed E-state index contributed by atoms with van der Waals surface area (Å²) in [6, 6.07) is 5.72. The third-order valence-electron chi connectivity index (χ3n) is 3.23. The van der Waals surface area contributed by atoms with Crippen molar-refractivity contribution in [1.82, 2.24) is 15.0 Å². The Kier molecular flexibility index (Phi) is 5.78. The van der Waals surface area contributed by atoms with E-state index in [-0.39, 0.29) is 30.9 Å². The highest BCUT2D eigenvalue weighted by atomic mass is 19.1. The predicted octanol–water partition coefficient (Wildman–Crippen LogP) is 1.52. The predicted molar refractivity (Wildman–Crippen MR) is 82.8 cm³/mol. The van der Waals surface area contributed by atoms with Gasteiger partial charge in [-0.25, -0.2) is 4.39 Å². The van der Waals surface area contributed by atoms with E-state index in [1.807, 2.05) is 18.7 Å². The molecule has 0 aliphatic carbocycles. The fourth-order valence-electron chi connectivity index (χ4n) is 1.96. The van der Waals surface area contributed by atoms with Crippen LogP contribution in [0.3, 0.4) is 0 Å². The largest absolute Gasteiger partial charge is 0.338 e. The molecule has 0 atom stereocenters. The number of anilines is 1. The molecule has 8 heteroatoms. The molecule has 124 valence electrons. The number of nitrogens with zero attached hydrogens (tertiary/aromatic N) is 3. The summed E-state index contributed by atoms with van der Waals surface area (Å²) in [7, 11) is 0. The van der Waals surface area contributed by atoms with E-state index >= 15 is 0 Å². The Morgan fingerprint density at radius 2 is 2.09 bits per heavy atom. The van der Waals surface area contributed by atoms with Crippen LogP contribution in [0.25, 0.3) is 0 Å². The highest BCUT2D eigenvalue weighted by Crippen LogP contribution is 2.10. The molecule has 23 heavy (non-hydrogen) atoms. The van der Waals surface area contributed by atoms with Crippen LogP contribution >= 0.6 is 0 Å². The molecule has 3 N–H and O–H groups in total. The van der Waals surface area contributed by atoms with Gasteiger partial charge in [0.2, 0.25) is 11.8 Å². The Labute approximate surface area is 133 Å². The number of benzene rings is 1. The summed E-state index contributed by atoms with van der Waals surface area (Å²) in [5, 5.41) is 6.55. The van der Waals surface area contributed by atoms with Crippen LogP contribution in [0, 0.1) is 5.82 Å². The van der Waals surface area contributed by atoms with E-state index in [1.165, 1.54) is 24.3 Å². The second kappa shape index (κ2) is 7.80. The number of amides is 1. The van der Waals surface area contributed by atoms with Crippen LogP contribution in [0.5, 0.6) is 0 Å². The molecule has 2 rings (SSSR count). The van der Waals surface area contributed by atoms with Gasteiger partial charge in [0.1, 0.15) is 5.82 Å². The first kappa shape index (κ1) is 17.0. The number of halogens is 1. The number of nitrogens with two attached hydrogens (primary N) is 1. The lowest BCUT2D eigenvalue weighted by Gasteiger charge is -2.24. The maximum atomic E-state index is 12.9. The zero-order valence-corrected chi connectivity index (χ0v) is 13.1. The molecule has 0 radical (unpaired) electrons. The van der Waals surface area contributed by atoms with Gasteiger partial charge in [-0.3, -0.25) is 9.69 Å². The van der Waals surface area contributed by atoms with Gasteiger partial charge in [0, 0.05) is 11.7 Å². The average Bonchev–Trinajstić information content (AvgIpc) is 2.96. The van der Waals surface area contributed by atoms with Crippen LogP contribution in [-0.4, -0.2) is 33.5 Å². The minimum absolute atomic E-state index is 0.105. The van der Waals surface area contributed by atoms with Crippen LogP contribution in [-0.2, 0) is 17.9 Å². The standard InChI is InChI=1S/C15H20FN5O2/c1-10(2)21(8-13-19-15(7-17)23-20-13)9-14(22)18-12-5-3-11(16)4-6-12/h3-6,10H,7-9,17H2,1-2H3,(H,18,22). The zero-order valence-electron chi connectivity index (χ0n) is 13.1. The number of carbonyl (C=O) groups excluding carboxylic acids is 1. The van der Waals surface area contributed by atoms with E-state index in [4.69, 9.17) is 10.3 Å². The number of hydrogen-bond donors (Lipinski definition) is 2. The van der Waals surface area contributed by atoms with Gasteiger partial charge in [-0.05, 0) is 38.1 Å². The van der Waals surface area contributed by atoms with Crippen molar-refractivity contribution in [2.45, 2.75) is 33.0 Å². The molecule has 0 unspecified atom stereocenters. The Hall–Kier alpha value is -2.32. The molecule has 0 aliphatic rings. The maximum absolute atomic E-state index is 12.9. The monoisotopic (exact) mass is 321 g/mol. The molecule has 7 nitrogen and oxygen atoms in total. The molecule has 1 aromatic heterocycles. The molecule has 1 aromatic carbocycles. The van der Waals surface area contributed by atoms with Gasteiger partial charge in [0.15, 0.2) is 5.82 Å². The second-order valence-electron chi connectivity index (χ2n) is 5.36. The Bertz CT molecular complexity index is 642. The van der Waals surface area contributed by atoms with Gasteiger partial charge >= 0.3 is 0 Å². The number of rotatable bonds is 7. The van der Waals surface area contributed by atoms with Crippen LogP contribution in [0.15, 0.2) is 28.8 Å². The number of nitrogens with one attached hydrogen (secondary N) is 1. The van der Waals surface area contributed by atoms with E-state index in [9.17, 15) is 9.18 Å². The average molecular weight is 321 g/mol. The van der Waals surface area contributed by atoms with Gasteiger partial charge in [0.25, 0.3) is 0 Å². The van der Waals surface area contributed by atoms with Crippen molar-refractivity contribution >= 4 is 11.6 Å². The lowest BCUT2D eigenvalue weighted by molar-refractivity contribution is -0.117. The first-order valence-corrected chi connectivity index (χ1v) is 7.29. The van der Waals surface area contributed by atoms with Gasteiger partial charge in [-0.15, -0.1) is 0 Å². The molecule has 1 heterocycles. The van der Waals surface area contributed by atoms with Crippen molar-refractivity contribution in [3.8, 4) is 0 Å². The summed E-state index contributed by atoms with van der Waals surface area (Å²) in [6.07, 6.45) is 0. The first-order valence-electron chi connectivity index (χ1n) is 7.29. The van der Waals surface area contributed by atoms with Crippen LogP contribution in [0.1, 0.15) is 25.6 Å². The molecule has 0 saturated heterocycles. The molecule has 0 fully saturated rings. The smallest absolute Gasteiger partial charge is 0.240 e. The molecule has 0 saturated carbocycles. The van der Waals surface area contributed by atoms with Crippen LogP contribution in [0.4, 0.5) is 10.1 Å². The molecule has 0 aliphatic heterocycles. The number of aromatic nitrogens is 2. The summed E-state index contributed by atoms with van der Waals surface area (Å²) in [5.74, 6) is 0.292. The Balaban J connectivity index is 1.95. The van der Waals surface area contributed by atoms with Gasteiger partial charge in [-0.1, -0.05) is 5.16 Å². The summed E-state index contributed by atoms with van der Waals surface area (Å²) in [6.45, 7) is 4.64. The normalized spacial score (nSPS) is 11.2. The van der Waals surface area contributed by atoms with Gasteiger partial charge < -0.3 is 15.6 Å². The third kappa shape index (κ3) is 5.11. The molecule has 2 aromatic rings. The summed E-state index contributed by atoms with van der Waals surface area (Å²) < 4.78 is 17.8. The fourth-order valence-corrected chi connectivity index (χ4v) is 1.96. The van der Waals surface area contributed by atoms with Crippen molar-refractivity contribution in [2.24, 2.45) is 5.73 Å². The van der Waals surface area contributed by atoms with Crippen LogP contribution in [0.2, 0.25) is 0 Å². The summed E-state index contributed by atoms with van der Waals surface area (Å²) >= 11 is 0. The van der Waals surface area contributed by atoms with Crippen molar-refractivity contribution in [2.75, 3.05) is 11.9 Å². The number of hydrogen-bond acceptors (Lipinski definition) is 6. The first-order chi connectivity index (χ1) is 11.0. The highest BCUT2D eigenvalue weighted by Gasteiger charge is 2.17. The molecular formula is C15H20FN5O2. The maximum Gasteiger partial charge on any atom is 0.240 e. The lowest BCUT2D eigenvalue weighted by Crippen LogP contribution is -2.37. The van der Waals surface area contributed by atoms with E-state index < -0.39 is 0 Å². The van der Waals surface area contributed by atoms with E-state index in [1.54, 1.807) is 0 Å². The fraction of sp³-hybridized carbons (Fsp3) is 0.400. The Morgan fingerprint density at radius 1 is 1.39 bits per heavy atom. The molecule has 0 bridgehead atoms. The van der Waals surface area contributed by atoms with Crippen molar-refractivity contribution in [3.05, 3.63) is 41.8 Å². The molecule has 1 amide bonds. The van der Waals surface area contributed by atoms with Crippen molar-refractivity contribution < 1.29 is 13.7 Å². The quantitative estimate of drug-likeness (QED) is 0.802. The topological polar surface area (TPSA) is 97.3 Å². The van der Waals surface area contributed by atoms with Crippen molar-refractivity contribution in [3.63, 3.8) is 0 Å². The van der Waals surface area contributed by atoms with Crippen molar-refractivity contribution in [1.29, 1.82) is 0 Å². The van der Waals surface area contributed by atoms with Crippen LogP contribution < -0.4 is 11.1 Å². The second-order valence-corrected chi connectivity index (χ2v) is 5.36. The van der Waals surface area contributed by atoms with E-state index in [2.05, 4.69) is 15.5 Å². The van der Waals surface area contributed by atoms with E-state index in [0.717, 1.165) is 0 Å². The summed E-state index contributed by atoms with van der Waals surface area (Å²) in [4.78, 5) is 18.2. The third-order valence-corrected chi connectivity index (χ3v) is 3.23. The molecule has 0 spiro atoms. The number of carbonyl (C=O) groups is 1.